The van der Waals surface area contributed by atoms with Gasteiger partial charge in [-0.2, -0.15) is 4.91 Å². The second kappa shape index (κ2) is 13.8. The monoisotopic (exact) mass is 571 g/mol. The summed E-state index contributed by atoms with van der Waals surface area (Å²) in [6.07, 6.45) is -1.62. The Labute approximate surface area is 243 Å². The van der Waals surface area contributed by atoms with Crippen LogP contribution in [-0.2, 0) is 11.3 Å². The number of nitrogens with zero attached hydrogens (tertiary/aromatic N) is 2. The molecule has 1 heterocycles. The van der Waals surface area contributed by atoms with Crippen molar-refractivity contribution < 1.29 is 24.2 Å². The fourth-order valence-electron chi connectivity index (χ4n) is 5.30. The van der Waals surface area contributed by atoms with Gasteiger partial charge in [-0.3, -0.25) is 9.59 Å². The van der Waals surface area contributed by atoms with Gasteiger partial charge in [0.25, 0.3) is 5.91 Å². The number of carbonyl (C=O) groups is 2. The van der Waals surface area contributed by atoms with Gasteiger partial charge in [-0.15, -0.1) is 0 Å². The maximum absolute atomic E-state index is 14.1. The van der Waals surface area contributed by atoms with Gasteiger partial charge >= 0.3 is 5.97 Å². The number of nitrogens with one attached hydrogen (secondary N) is 1. The summed E-state index contributed by atoms with van der Waals surface area (Å²) in [5.41, 5.74) is 4.62. The fraction of sp³-hybridized carbons (Fsp3) is 0.273. The maximum Gasteiger partial charge on any atom is 0.305 e. The van der Waals surface area contributed by atoms with Crippen LogP contribution >= 0.6 is 0 Å². The van der Waals surface area contributed by atoms with Crippen LogP contribution in [0.2, 0.25) is 0 Å². The molecule has 0 unspecified atom stereocenters. The number of amides is 1. The molecule has 0 fully saturated rings. The number of carboxylic acids is 1. The molecule has 0 aliphatic rings. The Hall–Kier alpha value is -4.63. The molecule has 3 N–H and O–H groups in total. The molecule has 0 aliphatic carbocycles. The number of aliphatic hydroxyl groups is 1. The summed E-state index contributed by atoms with van der Waals surface area (Å²) < 4.78 is 16.0. The molecule has 42 heavy (non-hydrogen) atoms. The second-order valence-electron chi connectivity index (χ2n) is 10.5. The molecule has 218 valence electrons. The van der Waals surface area contributed by atoms with Gasteiger partial charge in [0, 0.05) is 23.5 Å². The van der Waals surface area contributed by atoms with Crippen LogP contribution in [0.1, 0.15) is 55.1 Å². The number of aliphatic carboxylic acids is 1. The van der Waals surface area contributed by atoms with Gasteiger partial charge in [0.05, 0.1) is 29.8 Å². The molecule has 9 heteroatoms. The Bertz CT molecular complexity index is 1520. The molecular weight excluding hydrogens is 537 g/mol. The topological polar surface area (TPSA) is 121 Å². The fourth-order valence-corrected chi connectivity index (χ4v) is 5.30. The first kappa shape index (κ1) is 30.3. The molecule has 0 spiro atoms. The van der Waals surface area contributed by atoms with Crippen molar-refractivity contribution in [1.82, 2.24) is 4.57 Å². The lowest BCUT2D eigenvalue weighted by molar-refractivity contribution is -0.139. The van der Waals surface area contributed by atoms with Crippen LogP contribution in [-0.4, -0.2) is 38.8 Å². The van der Waals surface area contributed by atoms with Crippen molar-refractivity contribution in [2.24, 2.45) is 5.18 Å². The van der Waals surface area contributed by atoms with Crippen molar-refractivity contribution in [2.45, 2.75) is 57.7 Å². The maximum atomic E-state index is 14.1. The Morgan fingerprint density at radius 2 is 1.55 bits per heavy atom. The Balaban J connectivity index is 1.91. The molecular formula is C33H34FN3O5. The van der Waals surface area contributed by atoms with Crippen molar-refractivity contribution in [3.05, 3.63) is 107 Å². The lowest BCUT2D eigenvalue weighted by atomic mass is 9.94. The minimum absolute atomic E-state index is 0.104. The number of carboxylic acid groups (broad SMARTS) is 1. The smallest absolute Gasteiger partial charge is 0.305 e. The average Bonchev–Trinajstić information content (AvgIpc) is 3.32. The van der Waals surface area contributed by atoms with E-state index in [1.54, 1.807) is 24.3 Å². The summed E-state index contributed by atoms with van der Waals surface area (Å²) in [4.78, 5) is 36.9. The molecule has 0 saturated heterocycles. The first-order valence-corrected chi connectivity index (χ1v) is 13.9. The van der Waals surface area contributed by atoms with E-state index in [0.29, 0.717) is 28.1 Å². The molecule has 3 aromatic carbocycles. The van der Waals surface area contributed by atoms with E-state index in [-0.39, 0.29) is 31.2 Å². The molecule has 1 aromatic heterocycles. The number of hydrogen-bond acceptors (Lipinski definition) is 5. The Morgan fingerprint density at radius 3 is 2.12 bits per heavy atom. The van der Waals surface area contributed by atoms with Crippen molar-refractivity contribution in [3.63, 3.8) is 0 Å². The molecule has 2 atom stereocenters. The third-order valence-corrected chi connectivity index (χ3v) is 7.08. The first-order valence-electron chi connectivity index (χ1n) is 13.9. The van der Waals surface area contributed by atoms with Gasteiger partial charge in [0.2, 0.25) is 0 Å². The van der Waals surface area contributed by atoms with Gasteiger partial charge in [-0.05, 0) is 66.3 Å². The van der Waals surface area contributed by atoms with E-state index in [9.17, 15) is 24.0 Å². The van der Waals surface area contributed by atoms with Gasteiger partial charge in [-0.1, -0.05) is 67.6 Å². The van der Waals surface area contributed by atoms with Gasteiger partial charge in [-0.25, -0.2) is 4.39 Å². The van der Waals surface area contributed by atoms with Crippen LogP contribution in [0.3, 0.4) is 0 Å². The predicted octanol–water partition coefficient (Wildman–Crippen LogP) is 7.09. The number of nitroso groups, excluding NO2 is 1. The van der Waals surface area contributed by atoms with Crippen LogP contribution in [0.25, 0.3) is 22.4 Å². The zero-order chi connectivity index (χ0) is 30.2. The van der Waals surface area contributed by atoms with E-state index in [2.05, 4.69) is 10.5 Å². The molecule has 0 radical (unpaired) electrons. The highest BCUT2D eigenvalue weighted by molar-refractivity contribution is 6.12. The zero-order valence-electron chi connectivity index (χ0n) is 23.5. The van der Waals surface area contributed by atoms with E-state index in [1.807, 2.05) is 66.9 Å². The Morgan fingerprint density at radius 1 is 0.929 bits per heavy atom. The minimum Gasteiger partial charge on any atom is -0.481 e. The number of para-hydroxylation sites is 1. The summed E-state index contributed by atoms with van der Waals surface area (Å²) in [5, 5.41) is 25.4. The molecule has 8 nitrogen and oxygen atoms in total. The minimum atomic E-state index is -1.22. The number of hydrogen-bond donors (Lipinski definition) is 3. The van der Waals surface area contributed by atoms with Crippen LogP contribution in [0, 0.1) is 10.7 Å². The van der Waals surface area contributed by atoms with E-state index < -0.39 is 30.4 Å². The average molecular weight is 572 g/mol. The summed E-state index contributed by atoms with van der Waals surface area (Å²) in [7, 11) is 0. The second-order valence-corrected chi connectivity index (χ2v) is 10.5. The number of benzene rings is 3. The summed E-state index contributed by atoms with van der Waals surface area (Å²) >= 11 is 0. The third kappa shape index (κ3) is 7.16. The van der Waals surface area contributed by atoms with Crippen molar-refractivity contribution in [1.29, 1.82) is 0 Å². The highest BCUT2D eigenvalue weighted by Crippen LogP contribution is 2.42. The van der Waals surface area contributed by atoms with Gasteiger partial charge in [0.1, 0.15) is 5.82 Å². The normalized spacial score (nSPS) is 12.6. The highest BCUT2D eigenvalue weighted by Gasteiger charge is 2.31. The molecule has 4 aromatic rings. The molecule has 0 aliphatic heterocycles. The molecule has 0 bridgehead atoms. The number of aromatic nitrogens is 1. The first-order chi connectivity index (χ1) is 20.2. The van der Waals surface area contributed by atoms with Crippen molar-refractivity contribution in [2.75, 3.05) is 5.32 Å². The number of carbonyl (C=O) groups excluding carboxylic acids is 1. The van der Waals surface area contributed by atoms with Crippen LogP contribution in [0.15, 0.2) is 90.1 Å². The van der Waals surface area contributed by atoms with E-state index in [0.717, 1.165) is 11.3 Å². The predicted molar refractivity (Wildman–Crippen MR) is 161 cm³/mol. The van der Waals surface area contributed by atoms with E-state index in [4.69, 9.17) is 5.11 Å². The molecule has 0 saturated carbocycles. The van der Waals surface area contributed by atoms with Crippen LogP contribution in [0.4, 0.5) is 10.1 Å². The summed E-state index contributed by atoms with van der Waals surface area (Å²) in [6, 6.07) is 23.8. The van der Waals surface area contributed by atoms with Crippen LogP contribution < -0.4 is 5.32 Å². The summed E-state index contributed by atoms with van der Waals surface area (Å²) in [6.45, 7) is 4.19. The largest absolute Gasteiger partial charge is 0.481 e. The van der Waals surface area contributed by atoms with E-state index in [1.165, 1.54) is 12.1 Å². The quantitative estimate of drug-likeness (QED) is 0.148. The van der Waals surface area contributed by atoms with Gasteiger partial charge in [0.15, 0.2) is 0 Å². The number of aliphatic hydroxyl groups excluding tert-OH is 1. The lowest BCUT2D eigenvalue weighted by Gasteiger charge is -2.19. The Kier molecular flexibility index (Phi) is 9.98. The number of anilines is 1. The van der Waals surface area contributed by atoms with E-state index >= 15 is 0 Å². The molecule has 4 rings (SSSR count). The van der Waals surface area contributed by atoms with Gasteiger partial charge < -0.3 is 20.1 Å². The van der Waals surface area contributed by atoms with Crippen LogP contribution in [0.5, 0.6) is 0 Å². The summed E-state index contributed by atoms with van der Waals surface area (Å²) in [5.74, 6) is -2.02. The zero-order valence-corrected chi connectivity index (χ0v) is 23.5. The molecule has 1 amide bonds. The number of halogens is 1. The third-order valence-electron chi connectivity index (χ3n) is 7.08. The van der Waals surface area contributed by atoms with Crippen molar-refractivity contribution in [3.8, 4) is 22.4 Å². The highest BCUT2D eigenvalue weighted by atomic mass is 19.1. The number of rotatable bonds is 13. The van der Waals surface area contributed by atoms with Crippen molar-refractivity contribution >= 4 is 17.6 Å². The lowest BCUT2D eigenvalue weighted by Crippen LogP contribution is -2.21. The standard InChI is InChI=1S/C33H34FN3O5/c1-21(2)31-30(33(41)35-25-11-7-4-8-12-25)29(22-9-5-3-6-10-22)32(23-13-15-24(34)16-14-23)37(31)18-17-26(36-42)19-27(38)20-28(39)40/h3-16,21,26-27,38H,17-20H2,1-2H3,(H,35,41)(H,39,40)/t26-,27-/m1/s1. The SMILES string of the molecule is CC(C)c1c(C(=O)Nc2ccccc2)c(-c2ccccc2)c(-c2ccc(F)cc2)n1CC[C@H](C[C@@H](O)CC(=O)O)N=O.